The highest BCUT2D eigenvalue weighted by molar-refractivity contribution is 9.09. The smallest absolute Gasteiger partial charge is 0.224 e. The van der Waals surface area contributed by atoms with Crippen LogP contribution < -0.4 is 5.32 Å². The normalized spacial score (nSPS) is 21.3. The van der Waals surface area contributed by atoms with Crippen LogP contribution in [0, 0.1) is 5.92 Å². The lowest BCUT2D eigenvalue weighted by atomic mass is 9.97. The summed E-state index contributed by atoms with van der Waals surface area (Å²) in [5, 5.41) is 4.21. The number of alkyl halides is 1. The van der Waals surface area contributed by atoms with Gasteiger partial charge < -0.3 is 5.32 Å². The number of rotatable bonds is 3. The van der Waals surface area contributed by atoms with E-state index in [2.05, 4.69) is 45.5 Å². The third-order valence-electron chi connectivity index (χ3n) is 4.63. The molecule has 0 radical (unpaired) electrons. The Morgan fingerprint density at radius 1 is 1.21 bits per heavy atom. The fourth-order valence-electron chi connectivity index (χ4n) is 3.45. The van der Waals surface area contributed by atoms with Crippen LogP contribution in [0.1, 0.15) is 36.8 Å². The molecule has 1 saturated carbocycles. The van der Waals surface area contributed by atoms with Crippen molar-refractivity contribution in [3.63, 3.8) is 0 Å². The van der Waals surface area contributed by atoms with E-state index in [0.717, 1.165) is 31.0 Å². The summed E-state index contributed by atoms with van der Waals surface area (Å²) in [4.78, 5) is 12.5. The van der Waals surface area contributed by atoms with Crippen molar-refractivity contribution in [3.8, 4) is 0 Å². The summed E-state index contributed by atoms with van der Waals surface area (Å²) < 4.78 is 0. The first-order valence-electron chi connectivity index (χ1n) is 7.17. The minimum atomic E-state index is 0.0197. The maximum absolute atomic E-state index is 12.5. The van der Waals surface area contributed by atoms with Crippen molar-refractivity contribution in [2.24, 2.45) is 5.92 Å². The van der Waals surface area contributed by atoms with Gasteiger partial charge in [-0.1, -0.05) is 53.0 Å². The highest BCUT2D eigenvalue weighted by Gasteiger charge is 2.37. The molecule has 102 valence electrons. The van der Waals surface area contributed by atoms with Crippen molar-refractivity contribution in [1.82, 2.24) is 5.32 Å². The monoisotopic (exact) mass is 321 g/mol. The van der Waals surface area contributed by atoms with Crippen molar-refractivity contribution >= 4 is 21.8 Å². The lowest BCUT2D eigenvalue weighted by Gasteiger charge is -2.29. The number of amides is 1. The Morgan fingerprint density at radius 3 is 2.32 bits per heavy atom. The molecule has 0 unspecified atom stereocenters. The first-order valence-corrected chi connectivity index (χ1v) is 8.29. The van der Waals surface area contributed by atoms with Gasteiger partial charge in [-0.25, -0.2) is 0 Å². The van der Waals surface area contributed by atoms with Crippen molar-refractivity contribution in [2.45, 2.75) is 44.1 Å². The molecule has 0 heterocycles. The third kappa shape index (κ3) is 2.58. The van der Waals surface area contributed by atoms with Gasteiger partial charge in [-0.3, -0.25) is 4.79 Å². The van der Waals surface area contributed by atoms with Crippen LogP contribution in [-0.2, 0) is 17.6 Å². The fraction of sp³-hybridized carbons (Fsp3) is 0.562. The van der Waals surface area contributed by atoms with E-state index in [0.29, 0.717) is 0 Å². The van der Waals surface area contributed by atoms with Crippen LogP contribution in [0.25, 0.3) is 0 Å². The molecule has 2 aliphatic rings. The summed E-state index contributed by atoms with van der Waals surface area (Å²) in [7, 11) is 0. The Balaban J connectivity index is 1.67. The fourth-order valence-corrected chi connectivity index (χ4v) is 4.15. The van der Waals surface area contributed by atoms with E-state index in [1.165, 1.54) is 24.0 Å². The summed E-state index contributed by atoms with van der Waals surface area (Å²) in [5.74, 6) is 0.381. The zero-order chi connectivity index (χ0) is 13.3. The molecule has 0 atom stereocenters. The Bertz CT molecular complexity index is 454. The van der Waals surface area contributed by atoms with Gasteiger partial charge in [-0.2, -0.15) is 0 Å². The molecule has 2 nitrogen and oxygen atoms in total. The maximum atomic E-state index is 12.5. The van der Waals surface area contributed by atoms with E-state index >= 15 is 0 Å². The second kappa shape index (κ2) is 5.28. The molecule has 1 N–H and O–H groups in total. The van der Waals surface area contributed by atoms with Crippen LogP contribution in [0.3, 0.4) is 0 Å². The Kier molecular flexibility index (Phi) is 3.66. The van der Waals surface area contributed by atoms with Gasteiger partial charge in [-0.15, -0.1) is 0 Å². The van der Waals surface area contributed by atoms with Gasteiger partial charge in [0.1, 0.15) is 0 Å². The van der Waals surface area contributed by atoms with Crippen LogP contribution in [0.4, 0.5) is 0 Å². The molecule has 0 bridgehead atoms. The van der Waals surface area contributed by atoms with Crippen LogP contribution in [0.2, 0.25) is 0 Å². The molecule has 1 aromatic carbocycles. The van der Waals surface area contributed by atoms with E-state index < -0.39 is 0 Å². The van der Waals surface area contributed by atoms with E-state index in [1.807, 2.05) is 0 Å². The van der Waals surface area contributed by atoms with Gasteiger partial charge in [0.25, 0.3) is 0 Å². The number of nitrogens with one attached hydrogen (secondary N) is 1. The zero-order valence-corrected chi connectivity index (χ0v) is 12.7. The highest BCUT2D eigenvalue weighted by Crippen LogP contribution is 2.33. The predicted molar refractivity (Wildman–Crippen MR) is 80.5 cm³/mol. The maximum Gasteiger partial charge on any atom is 0.224 e. The Hall–Kier alpha value is -0.830. The highest BCUT2D eigenvalue weighted by atomic mass is 79.9. The Morgan fingerprint density at radius 2 is 1.79 bits per heavy atom. The third-order valence-corrected chi connectivity index (χ3v) is 5.70. The minimum absolute atomic E-state index is 0.0197. The molecule has 19 heavy (non-hydrogen) atoms. The van der Waals surface area contributed by atoms with Gasteiger partial charge in [0.15, 0.2) is 0 Å². The van der Waals surface area contributed by atoms with Crippen molar-refractivity contribution < 1.29 is 4.79 Å². The van der Waals surface area contributed by atoms with Gasteiger partial charge in [0.2, 0.25) is 5.91 Å². The van der Waals surface area contributed by atoms with Crippen LogP contribution in [0.15, 0.2) is 24.3 Å². The lowest BCUT2D eigenvalue weighted by molar-refractivity contribution is -0.126. The molecule has 0 aliphatic heterocycles. The predicted octanol–water partition coefficient (Wildman–Crippen LogP) is 3.23. The molecule has 1 amide bonds. The van der Waals surface area contributed by atoms with Crippen molar-refractivity contribution in [1.29, 1.82) is 0 Å². The number of halogens is 1. The van der Waals surface area contributed by atoms with Crippen molar-refractivity contribution in [3.05, 3.63) is 35.4 Å². The quantitative estimate of drug-likeness (QED) is 0.851. The molecule has 0 spiro atoms. The van der Waals surface area contributed by atoms with Gasteiger partial charge >= 0.3 is 0 Å². The standard InChI is InChI=1S/C16H20BrNO/c17-11-16(7-3-4-8-16)18-15(19)14-9-12-5-1-2-6-13(12)10-14/h1-2,5-6,14H,3-4,7-11H2,(H,18,19). The first-order chi connectivity index (χ1) is 9.22. The SMILES string of the molecule is O=C(NC1(CBr)CCCC1)C1Cc2ccccc2C1. The molecular weight excluding hydrogens is 302 g/mol. The van der Waals surface area contributed by atoms with E-state index in [4.69, 9.17) is 0 Å². The average molecular weight is 322 g/mol. The number of carbonyl (C=O) groups excluding carboxylic acids is 1. The van der Waals surface area contributed by atoms with Gasteiger partial charge in [-0.05, 0) is 36.8 Å². The van der Waals surface area contributed by atoms with Crippen molar-refractivity contribution in [2.75, 3.05) is 5.33 Å². The molecular formula is C16H20BrNO. The van der Waals surface area contributed by atoms with Crippen LogP contribution >= 0.6 is 15.9 Å². The summed E-state index contributed by atoms with van der Waals surface area (Å²) >= 11 is 3.58. The molecule has 1 fully saturated rings. The minimum Gasteiger partial charge on any atom is -0.350 e. The summed E-state index contributed by atoms with van der Waals surface area (Å²) in [5.41, 5.74) is 2.72. The first kappa shape index (κ1) is 13.2. The second-order valence-electron chi connectivity index (χ2n) is 5.98. The molecule has 1 aromatic rings. The Labute approximate surface area is 123 Å². The van der Waals surface area contributed by atoms with Gasteiger partial charge in [0, 0.05) is 16.8 Å². The van der Waals surface area contributed by atoms with Gasteiger partial charge in [0.05, 0.1) is 0 Å². The summed E-state index contributed by atoms with van der Waals surface area (Å²) in [6.45, 7) is 0. The number of hydrogen-bond acceptors (Lipinski definition) is 1. The second-order valence-corrected chi connectivity index (χ2v) is 6.54. The average Bonchev–Trinajstić information content (AvgIpc) is 3.05. The van der Waals surface area contributed by atoms with E-state index in [9.17, 15) is 4.79 Å². The summed E-state index contributed by atoms with van der Waals surface area (Å²) in [6, 6.07) is 8.43. The summed E-state index contributed by atoms with van der Waals surface area (Å²) in [6.07, 6.45) is 6.50. The number of fused-ring (bicyclic) bond motifs is 1. The molecule has 2 aliphatic carbocycles. The molecule has 3 heteroatoms. The lowest BCUT2D eigenvalue weighted by Crippen LogP contribution is -2.50. The topological polar surface area (TPSA) is 29.1 Å². The van der Waals surface area contributed by atoms with Crippen LogP contribution in [-0.4, -0.2) is 16.8 Å². The molecule has 0 aromatic heterocycles. The molecule has 3 rings (SSSR count). The number of benzene rings is 1. The zero-order valence-electron chi connectivity index (χ0n) is 11.1. The van der Waals surface area contributed by atoms with E-state index in [1.54, 1.807) is 0 Å². The number of carbonyl (C=O) groups is 1. The number of hydrogen-bond donors (Lipinski definition) is 1. The molecule has 0 saturated heterocycles. The van der Waals surface area contributed by atoms with Crippen LogP contribution in [0.5, 0.6) is 0 Å². The largest absolute Gasteiger partial charge is 0.350 e. The van der Waals surface area contributed by atoms with E-state index in [-0.39, 0.29) is 17.4 Å².